The predicted octanol–water partition coefficient (Wildman–Crippen LogP) is 5.53. The van der Waals surface area contributed by atoms with Crippen molar-refractivity contribution in [1.29, 1.82) is 0 Å². The zero-order chi connectivity index (χ0) is 15.2. The number of hydrogen-bond acceptors (Lipinski definition) is 2. The van der Waals surface area contributed by atoms with Gasteiger partial charge >= 0.3 is 0 Å². The molecule has 3 aliphatic rings. The van der Waals surface area contributed by atoms with Crippen LogP contribution in [0.3, 0.4) is 0 Å². The van der Waals surface area contributed by atoms with Gasteiger partial charge in [0, 0.05) is 30.1 Å². The third-order valence-corrected chi connectivity index (χ3v) is 5.72. The van der Waals surface area contributed by atoms with Crippen LogP contribution in [0.15, 0.2) is 17.7 Å². The molecule has 1 saturated heterocycles. The predicted molar refractivity (Wildman–Crippen MR) is 91.7 cm³/mol. The molecule has 2 heterocycles. The lowest BCUT2D eigenvalue weighted by Gasteiger charge is -2.50. The number of likely N-dealkylation sites (tertiary alicyclic amines) is 1. The molecule has 1 saturated carbocycles. The molecule has 0 spiro atoms. The van der Waals surface area contributed by atoms with E-state index in [2.05, 4.69) is 11.0 Å². The molecule has 4 heteroatoms. The Balaban J connectivity index is 1.80. The van der Waals surface area contributed by atoms with Gasteiger partial charge in [-0.25, -0.2) is 0 Å². The second kappa shape index (κ2) is 5.74. The number of rotatable bonds is 1. The van der Waals surface area contributed by atoms with Crippen LogP contribution >= 0.6 is 23.2 Å². The van der Waals surface area contributed by atoms with E-state index in [4.69, 9.17) is 27.9 Å². The lowest BCUT2D eigenvalue weighted by molar-refractivity contribution is -0.0820. The Labute approximate surface area is 142 Å². The van der Waals surface area contributed by atoms with Crippen molar-refractivity contribution in [3.8, 4) is 5.75 Å². The molecule has 118 valence electrons. The first kappa shape index (κ1) is 14.9. The van der Waals surface area contributed by atoms with Crippen LogP contribution in [0.25, 0.3) is 6.08 Å². The molecule has 1 aliphatic carbocycles. The normalized spacial score (nSPS) is 28.4. The summed E-state index contributed by atoms with van der Waals surface area (Å²) < 4.78 is 6.62. The van der Waals surface area contributed by atoms with E-state index in [1.165, 1.54) is 37.7 Å². The van der Waals surface area contributed by atoms with Gasteiger partial charge in [-0.2, -0.15) is 0 Å². The molecule has 0 amide bonds. The molecule has 0 N–H and O–H groups in total. The van der Waals surface area contributed by atoms with Gasteiger partial charge in [0.15, 0.2) is 5.72 Å². The van der Waals surface area contributed by atoms with Crippen molar-refractivity contribution in [2.24, 2.45) is 0 Å². The van der Waals surface area contributed by atoms with Crippen molar-refractivity contribution >= 4 is 29.3 Å². The maximum atomic E-state index is 6.62. The van der Waals surface area contributed by atoms with Gasteiger partial charge in [-0.15, -0.1) is 0 Å². The highest BCUT2D eigenvalue weighted by atomic mass is 35.5. The van der Waals surface area contributed by atoms with Crippen LogP contribution in [-0.2, 0) is 0 Å². The van der Waals surface area contributed by atoms with E-state index < -0.39 is 0 Å². The van der Waals surface area contributed by atoms with E-state index >= 15 is 0 Å². The number of hydrogen-bond donors (Lipinski definition) is 0. The Hall–Kier alpha value is -0.700. The molecular weight excluding hydrogens is 317 g/mol. The maximum absolute atomic E-state index is 6.62. The Morgan fingerprint density at radius 3 is 2.64 bits per heavy atom. The van der Waals surface area contributed by atoms with Crippen molar-refractivity contribution < 1.29 is 4.74 Å². The summed E-state index contributed by atoms with van der Waals surface area (Å²) in [6, 6.07) is 3.75. The van der Waals surface area contributed by atoms with E-state index in [0.717, 1.165) is 37.2 Å². The number of halogens is 2. The molecule has 0 aromatic heterocycles. The minimum Gasteiger partial charge on any atom is -0.467 e. The highest BCUT2D eigenvalue weighted by Gasteiger charge is 2.46. The molecule has 2 aliphatic heterocycles. The minimum absolute atomic E-state index is 0.261. The molecule has 1 atom stereocenters. The molecule has 2 fully saturated rings. The van der Waals surface area contributed by atoms with Gasteiger partial charge in [-0.05, 0) is 55.9 Å². The summed E-state index contributed by atoms with van der Waals surface area (Å²) in [5.74, 6) is 0.808. The van der Waals surface area contributed by atoms with Gasteiger partial charge in [0.2, 0.25) is 0 Å². The van der Waals surface area contributed by atoms with Gasteiger partial charge in [0.05, 0.1) is 5.02 Å². The minimum atomic E-state index is -0.261. The van der Waals surface area contributed by atoms with Gasteiger partial charge < -0.3 is 4.74 Å². The molecule has 2 nitrogen and oxygen atoms in total. The first-order chi connectivity index (χ1) is 10.7. The van der Waals surface area contributed by atoms with Crippen molar-refractivity contribution in [3.63, 3.8) is 0 Å². The molecule has 1 aromatic rings. The first-order valence-electron chi connectivity index (χ1n) is 8.33. The van der Waals surface area contributed by atoms with E-state index in [0.29, 0.717) is 10.0 Å². The highest BCUT2D eigenvalue weighted by Crippen LogP contribution is 2.49. The summed E-state index contributed by atoms with van der Waals surface area (Å²) >= 11 is 12.6. The van der Waals surface area contributed by atoms with Crippen LogP contribution in [0.4, 0.5) is 0 Å². The van der Waals surface area contributed by atoms with Gasteiger partial charge in [0.1, 0.15) is 5.75 Å². The second-order valence-corrected chi connectivity index (χ2v) is 7.46. The molecular formula is C18H21Cl2NO. The lowest BCUT2D eigenvalue weighted by atomic mass is 9.81. The zero-order valence-electron chi connectivity index (χ0n) is 12.7. The largest absolute Gasteiger partial charge is 0.467 e. The molecule has 4 rings (SSSR count). The van der Waals surface area contributed by atoms with Gasteiger partial charge in [-0.1, -0.05) is 29.6 Å². The number of ether oxygens (including phenoxy) is 1. The first-order valence-corrected chi connectivity index (χ1v) is 9.09. The average molecular weight is 338 g/mol. The summed E-state index contributed by atoms with van der Waals surface area (Å²) in [6.45, 7) is 2.25. The Kier molecular flexibility index (Phi) is 3.88. The van der Waals surface area contributed by atoms with E-state index in [1.807, 2.05) is 6.07 Å². The van der Waals surface area contributed by atoms with Crippen LogP contribution < -0.4 is 4.74 Å². The number of nitrogens with zero attached hydrogens (tertiary/aromatic N) is 1. The fraction of sp³-hybridized carbons (Fsp3) is 0.556. The van der Waals surface area contributed by atoms with Crippen LogP contribution in [-0.4, -0.2) is 23.7 Å². The van der Waals surface area contributed by atoms with Crippen molar-refractivity contribution in [3.05, 3.63) is 33.3 Å². The Morgan fingerprint density at radius 1 is 1.00 bits per heavy atom. The summed E-state index contributed by atoms with van der Waals surface area (Å²) in [5.41, 5.74) is 2.18. The smallest absolute Gasteiger partial charge is 0.186 e. The third-order valence-electron chi connectivity index (χ3n) is 5.22. The molecule has 0 bridgehead atoms. The van der Waals surface area contributed by atoms with E-state index in [9.17, 15) is 0 Å². The summed E-state index contributed by atoms with van der Waals surface area (Å²) in [7, 11) is 0. The number of fused-ring (bicyclic) bond motifs is 2. The Morgan fingerprint density at radius 2 is 1.82 bits per heavy atom. The fourth-order valence-corrected chi connectivity index (χ4v) is 4.72. The number of piperidine rings is 1. The second-order valence-electron chi connectivity index (χ2n) is 6.62. The van der Waals surface area contributed by atoms with Crippen molar-refractivity contribution in [1.82, 2.24) is 4.90 Å². The van der Waals surface area contributed by atoms with Gasteiger partial charge in [-0.3, -0.25) is 4.90 Å². The molecule has 1 unspecified atom stereocenters. The number of benzene rings is 1. The summed E-state index contributed by atoms with van der Waals surface area (Å²) in [5, 5.41) is 1.30. The van der Waals surface area contributed by atoms with Crippen molar-refractivity contribution in [2.45, 2.75) is 50.7 Å². The standard InChI is InChI=1S/C18H21Cl2NO/c19-15-11-13-10-14-6-2-3-7-18(14,21-8-4-1-5-9-21)22-17(13)16(20)12-15/h10-12H,1-9H2. The third kappa shape index (κ3) is 2.36. The van der Waals surface area contributed by atoms with Crippen molar-refractivity contribution in [2.75, 3.05) is 13.1 Å². The fourth-order valence-electron chi connectivity index (χ4n) is 4.17. The van der Waals surface area contributed by atoms with Gasteiger partial charge in [0.25, 0.3) is 0 Å². The monoisotopic (exact) mass is 337 g/mol. The Bertz CT molecular complexity index is 622. The maximum Gasteiger partial charge on any atom is 0.186 e. The van der Waals surface area contributed by atoms with Crippen LogP contribution in [0.2, 0.25) is 10.0 Å². The van der Waals surface area contributed by atoms with E-state index in [-0.39, 0.29) is 5.72 Å². The summed E-state index contributed by atoms with van der Waals surface area (Å²) in [6.07, 6.45) is 10.8. The van der Waals surface area contributed by atoms with E-state index in [1.54, 1.807) is 6.07 Å². The topological polar surface area (TPSA) is 12.5 Å². The SMILES string of the molecule is Clc1cc(Cl)c2c(c1)C=C1CCCCC1(N1CCCCC1)O2. The molecule has 1 aromatic carbocycles. The van der Waals surface area contributed by atoms with Crippen LogP contribution in [0.5, 0.6) is 5.75 Å². The lowest BCUT2D eigenvalue weighted by Crippen LogP contribution is -2.58. The highest BCUT2D eigenvalue weighted by molar-refractivity contribution is 6.36. The molecule has 22 heavy (non-hydrogen) atoms. The van der Waals surface area contributed by atoms with Crippen LogP contribution in [0.1, 0.15) is 50.5 Å². The average Bonchev–Trinajstić information content (AvgIpc) is 2.54. The zero-order valence-corrected chi connectivity index (χ0v) is 14.2. The molecule has 0 radical (unpaired) electrons. The van der Waals surface area contributed by atoms with Crippen LogP contribution in [0, 0.1) is 0 Å². The quantitative estimate of drug-likeness (QED) is 0.668. The summed E-state index contributed by atoms with van der Waals surface area (Å²) in [4.78, 5) is 2.55.